The smallest absolute Gasteiger partial charge is 0.223 e. The van der Waals surface area contributed by atoms with Crippen LogP contribution in [0.4, 0.5) is 0 Å². The van der Waals surface area contributed by atoms with E-state index in [2.05, 4.69) is 0 Å². The van der Waals surface area contributed by atoms with E-state index in [1.165, 1.54) is 30.7 Å². The summed E-state index contributed by atoms with van der Waals surface area (Å²) in [6.45, 7) is 3.15. The second-order valence-electron chi connectivity index (χ2n) is 4.14. The Hall–Kier alpha value is -1.84. The summed E-state index contributed by atoms with van der Waals surface area (Å²) in [5, 5.41) is 9.06. The Kier molecular flexibility index (Phi) is 3.32. The van der Waals surface area contributed by atoms with Crippen molar-refractivity contribution in [1.29, 1.82) is 0 Å². The number of amides is 1. The summed E-state index contributed by atoms with van der Waals surface area (Å²) in [6, 6.07) is 5.81. The summed E-state index contributed by atoms with van der Waals surface area (Å²) < 4.78 is 0. The van der Waals surface area contributed by atoms with Gasteiger partial charge in [-0.3, -0.25) is 9.59 Å². The maximum absolute atomic E-state index is 11.7. The standard InChI is InChI=1S/C12H14NO3/c1-12(2,11(13)16)7-10(15)8-3-5-9(14)6-4-8/h3-7,14H,1-2H3,(H2,13,16). The minimum atomic E-state index is -0.977. The Bertz CT molecular complexity index is 407. The maximum atomic E-state index is 11.7. The fourth-order valence-electron chi connectivity index (χ4n) is 1.11. The summed E-state index contributed by atoms with van der Waals surface area (Å²) in [6.07, 6.45) is 1.28. The Labute approximate surface area is 94.1 Å². The first-order valence-corrected chi connectivity index (χ1v) is 4.82. The summed E-state index contributed by atoms with van der Waals surface area (Å²) in [5.74, 6) is -0.755. The van der Waals surface area contributed by atoms with Gasteiger partial charge >= 0.3 is 0 Å². The van der Waals surface area contributed by atoms with Crippen LogP contribution in [0.2, 0.25) is 0 Å². The number of nitrogens with two attached hydrogens (primary N) is 1. The molecule has 1 aromatic rings. The van der Waals surface area contributed by atoms with Crippen molar-refractivity contribution in [2.24, 2.45) is 11.1 Å². The number of phenols is 1. The Balaban J connectivity index is 2.81. The number of primary amides is 1. The highest BCUT2D eigenvalue weighted by Gasteiger charge is 2.29. The van der Waals surface area contributed by atoms with E-state index >= 15 is 0 Å². The SMILES string of the molecule is CC(C)([CH]C(=O)c1ccc(O)cc1)C(N)=O. The number of Topliss-reactive ketones (excluding diaryl/α,β-unsaturated/α-hetero) is 1. The minimum Gasteiger partial charge on any atom is -0.508 e. The number of hydrogen-bond donors (Lipinski definition) is 2. The highest BCUT2D eigenvalue weighted by atomic mass is 16.3. The quantitative estimate of drug-likeness (QED) is 0.750. The molecule has 0 fully saturated rings. The van der Waals surface area contributed by atoms with Crippen LogP contribution in [0, 0.1) is 11.8 Å². The molecule has 85 valence electrons. The molecule has 1 radical (unpaired) electrons. The van der Waals surface area contributed by atoms with Crippen molar-refractivity contribution in [2.75, 3.05) is 0 Å². The van der Waals surface area contributed by atoms with Gasteiger partial charge < -0.3 is 10.8 Å². The third-order valence-corrected chi connectivity index (χ3v) is 2.28. The molecule has 16 heavy (non-hydrogen) atoms. The summed E-state index contributed by atoms with van der Waals surface area (Å²) >= 11 is 0. The predicted octanol–water partition coefficient (Wildman–Crippen LogP) is 1.29. The van der Waals surface area contributed by atoms with Crippen molar-refractivity contribution in [3.8, 4) is 5.75 Å². The second kappa shape index (κ2) is 4.35. The van der Waals surface area contributed by atoms with E-state index in [4.69, 9.17) is 10.8 Å². The van der Waals surface area contributed by atoms with Gasteiger partial charge in [-0.2, -0.15) is 0 Å². The van der Waals surface area contributed by atoms with Gasteiger partial charge in [-0.25, -0.2) is 0 Å². The molecule has 0 aliphatic carbocycles. The number of hydrogen-bond acceptors (Lipinski definition) is 3. The molecular weight excluding hydrogens is 206 g/mol. The number of carbonyl (C=O) groups is 2. The number of rotatable bonds is 4. The zero-order chi connectivity index (χ0) is 12.3. The van der Waals surface area contributed by atoms with Gasteiger partial charge in [0, 0.05) is 12.0 Å². The van der Waals surface area contributed by atoms with Crippen molar-refractivity contribution >= 4 is 11.7 Å². The number of phenolic OH excluding ortho intramolecular Hbond substituents is 1. The van der Waals surface area contributed by atoms with Crippen molar-refractivity contribution in [3.63, 3.8) is 0 Å². The van der Waals surface area contributed by atoms with Gasteiger partial charge in [-0.05, 0) is 24.3 Å². The lowest BCUT2D eigenvalue weighted by Gasteiger charge is -2.18. The second-order valence-corrected chi connectivity index (χ2v) is 4.14. The van der Waals surface area contributed by atoms with E-state index in [1.54, 1.807) is 13.8 Å². The van der Waals surface area contributed by atoms with Gasteiger partial charge in [0.25, 0.3) is 0 Å². The van der Waals surface area contributed by atoms with Crippen molar-refractivity contribution < 1.29 is 14.7 Å². The van der Waals surface area contributed by atoms with E-state index in [-0.39, 0.29) is 11.5 Å². The van der Waals surface area contributed by atoms with Crippen LogP contribution in [0.3, 0.4) is 0 Å². The van der Waals surface area contributed by atoms with Gasteiger partial charge in [-0.15, -0.1) is 0 Å². The van der Waals surface area contributed by atoms with Gasteiger partial charge in [0.15, 0.2) is 5.78 Å². The van der Waals surface area contributed by atoms with Gasteiger partial charge in [0.1, 0.15) is 5.75 Å². The third kappa shape index (κ3) is 2.82. The molecule has 0 aliphatic heterocycles. The summed E-state index contributed by atoms with van der Waals surface area (Å²) in [4.78, 5) is 22.8. The van der Waals surface area contributed by atoms with Crippen LogP contribution < -0.4 is 5.73 Å². The average molecular weight is 220 g/mol. The monoisotopic (exact) mass is 220 g/mol. The molecule has 1 aromatic carbocycles. The molecule has 1 rings (SSSR count). The normalized spacial score (nSPS) is 11.1. The van der Waals surface area contributed by atoms with Crippen LogP contribution in [0.5, 0.6) is 5.75 Å². The largest absolute Gasteiger partial charge is 0.508 e. The molecule has 1 amide bonds. The molecule has 3 N–H and O–H groups in total. The lowest BCUT2D eigenvalue weighted by molar-refractivity contribution is -0.124. The number of ketones is 1. The number of aromatic hydroxyl groups is 1. The van der Waals surface area contributed by atoms with E-state index in [0.717, 1.165) is 0 Å². The Morgan fingerprint density at radius 3 is 2.19 bits per heavy atom. The van der Waals surface area contributed by atoms with Crippen LogP contribution in [0.25, 0.3) is 0 Å². The molecule has 4 heteroatoms. The lowest BCUT2D eigenvalue weighted by atomic mass is 9.85. The molecule has 0 atom stereocenters. The van der Waals surface area contributed by atoms with Crippen LogP contribution >= 0.6 is 0 Å². The van der Waals surface area contributed by atoms with Crippen molar-refractivity contribution in [1.82, 2.24) is 0 Å². The molecule has 0 unspecified atom stereocenters. The zero-order valence-electron chi connectivity index (χ0n) is 9.23. The number of benzene rings is 1. The van der Waals surface area contributed by atoms with E-state index in [1.807, 2.05) is 0 Å². The van der Waals surface area contributed by atoms with E-state index < -0.39 is 11.3 Å². The zero-order valence-corrected chi connectivity index (χ0v) is 9.23. The van der Waals surface area contributed by atoms with Gasteiger partial charge in [-0.1, -0.05) is 13.8 Å². The van der Waals surface area contributed by atoms with Crippen LogP contribution in [0.15, 0.2) is 24.3 Å². The first kappa shape index (κ1) is 12.2. The van der Waals surface area contributed by atoms with Crippen molar-refractivity contribution in [2.45, 2.75) is 13.8 Å². The van der Waals surface area contributed by atoms with Gasteiger partial charge in [0.2, 0.25) is 5.91 Å². The molecule has 0 saturated carbocycles. The van der Waals surface area contributed by atoms with Crippen molar-refractivity contribution in [3.05, 3.63) is 36.2 Å². The number of carbonyl (C=O) groups excluding carboxylic acids is 2. The summed E-state index contributed by atoms with van der Waals surface area (Å²) in [7, 11) is 0. The van der Waals surface area contributed by atoms with E-state index in [9.17, 15) is 9.59 Å². The molecular formula is C12H14NO3. The lowest BCUT2D eigenvalue weighted by Crippen LogP contribution is -2.34. The molecule has 0 aromatic heterocycles. The maximum Gasteiger partial charge on any atom is 0.223 e. The molecule has 4 nitrogen and oxygen atoms in total. The predicted molar refractivity (Wildman–Crippen MR) is 59.7 cm³/mol. The third-order valence-electron chi connectivity index (χ3n) is 2.28. The highest BCUT2D eigenvalue weighted by molar-refractivity contribution is 6.06. The average Bonchev–Trinajstić information content (AvgIpc) is 2.17. The molecule has 0 aliphatic rings. The Morgan fingerprint density at radius 1 is 1.25 bits per heavy atom. The molecule has 0 spiro atoms. The fourth-order valence-corrected chi connectivity index (χ4v) is 1.11. The fraction of sp³-hybridized carbons (Fsp3) is 0.250. The molecule has 0 bridgehead atoms. The summed E-state index contributed by atoms with van der Waals surface area (Å²) in [5.41, 5.74) is 4.59. The first-order valence-electron chi connectivity index (χ1n) is 4.82. The first-order chi connectivity index (χ1) is 7.33. The minimum absolute atomic E-state index is 0.0886. The molecule has 0 saturated heterocycles. The Morgan fingerprint density at radius 2 is 1.75 bits per heavy atom. The van der Waals surface area contributed by atoms with Crippen LogP contribution in [0.1, 0.15) is 24.2 Å². The molecule has 0 heterocycles. The highest BCUT2D eigenvalue weighted by Crippen LogP contribution is 2.21. The van der Waals surface area contributed by atoms with Gasteiger partial charge in [0.05, 0.1) is 5.41 Å². The van der Waals surface area contributed by atoms with Crippen LogP contribution in [-0.4, -0.2) is 16.8 Å². The van der Waals surface area contributed by atoms with Crippen LogP contribution in [-0.2, 0) is 4.79 Å². The van der Waals surface area contributed by atoms with E-state index in [0.29, 0.717) is 5.56 Å². The topological polar surface area (TPSA) is 80.4 Å².